The molecule has 1 aliphatic carbocycles. The molecular weight excluding hydrogens is 414 g/mol. The first-order valence-corrected chi connectivity index (χ1v) is 10.2. The molecule has 3 aromatic rings. The fraction of sp³-hybridized carbons (Fsp3) is 0.136. The van der Waals surface area contributed by atoms with Crippen LogP contribution in [0.3, 0.4) is 0 Å². The summed E-state index contributed by atoms with van der Waals surface area (Å²) < 4.78 is 3.85. The lowest BCUT2D eigenvalue weighted by Crippen LogP contribution is -2.33. The highest BCUT2D eigenvalue weighted by Crippen LogP contribution is 2.33. The Morgan fingerprint density at radius 3 is 2.55 bits per heavy atom. The lowest BCUT2D eigenvalue weighted by Gasteiger charge is -2.16. The van der Waals surface area contributed by atoms with Crippen molar-refractivity contribution in [2.75, 3.05) is 11.5 Å². The topological polar surface area (TPSA) is 157 Å². The molecule has 160 valence electrons. The monoisotopic (exact) mass is 437 g/mol. The Labute approximate surface area is 183 Å². The van der Waals surface area contributed by atoms with Gasteiger partial charge in [-0.2, -0.15) is 4.37 Å². The summed E-state index contributed by atoms with van der Waals surface area (Å²) in [7, 11) is 0. The Bertz CT molecular complexity index is 1180. The van der Waals surface area contributed by atoms with Crippen molar-refractivity contribution in [3.05, 3.63) is 71.5 Å². The minimum absolute atomic E-state index is 0.0606. The number of nitrogen functional groups attached to an aromatic ring is 2. The van der Waals surface area contributed by atoms with Gasteiger partial charge in [-0.05, 0) is 36.3 Å². The zero-order chi connectivity index (χ0) is 22.5. The van der Waals surface area contributed by atoms with Gasteiger partial charge in [0.15, 0.2) is 5.75 Å². The fourth-order valence-electron chi connectivity index (χ4n) is 3.16. The molecule has 1 aliphatic rings. The molecule has 0 fully saturated rings. The number of phenolic OH excluding ortho intramolecular Hbond substituents is 1. The summed E-state index contributed by atoms with van der Waals surface area (Å²) in [6.45, 7) is 1.70. The number of carbonyl (C=O) groups is 2. The van der Waals surface area contributed by atoms with Gasteiger partial charge in [0.2, 0.25) is 0 Å². The van der Waals surface area contributed by atoms with Gasteiger partial charge in [-0.25, -0.2) is 0 Å². The van der Waals surface area contributed by atoms with E-state index in [1.807, 2.05) is 48.6 Å². The van der Waals surface area contributed by atoms with Crippen LogP contribution < -0.4 is 22.5 Å². The van der Waals surface area contributed by atoms with Gasteiger partial charge in [0.1, 0.15) is 5.00 Å². The number of primary amides is 1. The number of nitrogens with two attached hydrogens (primary N) is 3. The summed E-state index contributed by atoms with van der Waals surface area (Å²) in [5.41, 5.74) is 17.7. The zero-order valence-corrected chi connectivity index (χ0v) is 17.6. The number of nitrogens with zero attached hydrogens (tertiary/aromatic N) is 1. The van der Waals surface area contributed by atoms with Gasteiger partial charge < -0.3 is 27.6 Å². The minimum Gasteiger partial charge on any atom is -0.505 e. The third kappa shape index (κ3) is 4.84. The van der Waals surface area contributed by atoms with E-state index in [1.165, 1.54) is 0 Å². The van der Waals surface area contributed by atoms with Crippen LogP contribution in [-0.2, 0) is 0 Å². The molecular formula is C22H23N5O3S. The first-order valence-electron chi connectivity index (χ1n) is 9.45. The molecule has 8 nitrogen and oxygen atoms in total. The number of phenols is 1. The fourth-order valence-corrected chi connectivity index (χ4v) is 3.82. The molecule has 1 unspecified atom stereocenters. The Balaban J connectivity index is 0.000000229. The van der Waals surface area contributed by atoms with Crippen LogP contribution in [0.1, 0.15) is 32.8 Å². The summed E-state index contributed by atoms with van der Waals surface area (Å²) in [6.07, 6.45) is 8.47. The van der Waals surface area contributed by atoms with E-state index in [0.717, 1.165) is 28.7 Å². The third-order valence-corrected chi connectivity index (χ3v) is 5.50. The minimum atomic E-state index is -0.510. The predicted octanol–water partition coefficient (Wildman–Crippen LogP) is 2.87. The molecule has 31 heavy (non-hydrogen) atoms. The molecule has 1 atom stereocenters. The average Bonchev–Trinajstić information content (AvgIpc) is 3.10. The summed E-state index contributed by atoms with van der Waals surface area (Å²) >= 11 is 1.09. The van der Waals surface area contributed by atoms with E-state index in [9.17, 15) is 14.7 Å². The highest BCUT2D eigenvalue weighted by molar-refractivity contribution is 7.10. The number of aromatic hydroxyl groups is 1. The average molecular weight is 438 g/mol. The van der Waals surface area contributed by atoms with E-state index in [0.29, 0.717) is 16.3 Å². The van der Waals surface area contributed by atoms with Crippen LogP contribution in [0.5, 0.6) is 5.75 Å². The Hall–Kier alpha value is -3.85. The van der Waals surface area contributed by atoms with Crippen LogP contribution in [0, 0.1) is 6.92 Å². The third-order valence-electron chi connectivity index (χ3n) is 4.74. The Kier molecular flexibility index (Phi) is 6.56. The molecule has 1 aromatic heterocycles. The van der Waals surface area contributed by atoms with E-state index in [1.54, 1.807) is 13.0 Å². The zero-order valence-electron chi connectivity index (χ0n) is 16.8. The van der Waals surface area contributed by atoms with Crippen molar-refractivity contribution in [2.45, 2.75) is 19.4 Å². The van der Waals surface area contributed by atoms with E-state index < -0.39 is 5.91 Å². The van der Waals surface area contributed by atoms with E-state index in [2.05, 4.69) is 9.69 Å². The molecule has 0 radical (unpaired) electrons. The molecule has 9 heteroatoms. The lowest BCUT2D eigenvalue weighted by molar-refractivity contribution is 0.0941. The highest BCUT2D eigenvalue weighted by Gasteiger charge is 2.18. The van der Waals surface area contributed by atoms with Gasteiger partial charge in [-0.1, -0.05) is 48.6 Å². The number of allylic oxidation sites excluding steroid dienone is 2. The van der Waals surface area contributed by atoms with Gasteiger partial charge >= 0.3 is 0 Å². The second kappa shape index (κ2) is 9.31. The second-order valence-electron chi connectivity index (χ2n) is 6.91. The maximum atomic E-state index is 12.3. The van der Waals surface area contributed by atoms with Gasteiger partial charge in [0, 0.05) is 5.39 Å². The molecule has 8 N–H and O–H groups in total. The van der Waals surface area contributed by atoms with Crippen LogP contribution in [-0.4, -0.2) is 27.3 Å². The number of benzene rings is 2. The molecule has 0 saturated carbocycles. The predicted molar refractivity (Wildman–Crippen MR) is 124 cm³/mol. The van der Waals surface area contributed by atoms with Crippen molar-refractivity contribution in [3.63, 3.8) is 0 Å². The molecule has 0 bridgehead atoms. The molecule has 4 rings (SSSR count). The Morgan fingerprint density at radius 2 is 1.97 bits per heavy atom. The number of amides is 2. The molecule has 0 spiro atoms. The van der Waals surface area contributed by atoms with Crippen molar-refractivity contribution >= 4 is 44.8 Å². The lowest BCUT2D eigenvalue weighted by atomic mass is 10.0. The number of rotatable bonds is 3. The van der Waals surface area contributed by atoms with Crippen molar-refractivity contribution < 1.29 is 14.7 Å². The van der Waals surface area contributed by atoms with Crippen molar-refractivity contribution in [1.29, 1.82) is 0 Å². The largest absolute Gasteiger partial charge is 0.505 e. The maximum absolute atomic E-state index is 12.3. The van der Waals surface area contributed by atoms with Crippen LogP contribution in [0.25, 0.3) is 10.8 Å². The molecule has 2 amide bonds. The molecule has 0 saturated heterocycles. The summed E-state index contributed by atoms with van der Waals surface area (Å²) in [4.78, 5) is 23.0. The van der Waals surface area contributed by atoms with Crippen molar-refractivity contribution in [2.24, 2.45) is 5.73 Å². The smallest absolute Gasteiger partial charge is 0.255 e. The second-order valence-corrected chi connectivity index (χ2v) is 7.71. The number of aryl methyl sites for hydroxylation is 1. The number of nitrogens with one attached hydrogen (secondary N) is 1. The SMILES string of the molecule is Cc1nsc(N)c1C(N)=O.Nc1c(O)c(C(=O)NC2C=CC=CC2)cc2ccccc12. The van der Waals surface area contributed by atoms with E-state index in [4.69, 9.17) is 17.2 Å². The van der Waals surface area contributed by atoms with Gasteiger partial charge in [-0.15, -0.1) is 0 Å². The van der Waals surface area contributed by atoms with Crippen molar-refractivity contribution in [3.8, 4) is 5.75 Å². The number of hydrogen-bond acceptors (Lipinski definition) is 7. The van der Waals surface area contributed by atoms with Crippen LogP contribution in [0.15, 0.2) is 54.6 Å². The number of carbonyl (C=O) groups excluding carboxylic acids is 2. The summed E-state index contributed by atoms with van der Waals surface area (Å²) in [5, 5.41) is 15.0. The Morgan fingerprint density at radius 1 is 1.23 bits per heavy atom. The van der Waals surface area contributed by atoms with Gasteiger partial charge in [0.25, 0.3) is 11.8 Å². The summed E-state index contributed by atoms with van der Waals surface area (Å²) in [5.74, 6) is -1.000. The molecule has 0 aliphatic heterocycles. The van der Waals surface area contributed by atoms with Gasteiger partial charge in [0.05, 0.1) is 28.6 Å². The molecule has 1 heterocycles. The summed E-state index contributed by atoms with van der Waals surface area (Å²) in [6, 6.07) is 9.01. The van der Waals surface area contributed by atoms with E-state index >= 15 is 0 Å². The maximum Gasteiger partial charge on any atom is 0.255 e. The number of anilines is 2. The van der Waals surface area contributed by atoms with Crippen molar-refractivity contribution in [1.82, 2.24) is 9.69 Å². The van der Waals surface area contributed by atoms with Gasteiger partial charge in [-0.3, -0.25) is 9.59 Å². The number of hydrogen-bond donors (Lipinski definition) is 5. The van der Waals surface area contributed by atoms with Crippen LogP contribution in [0.2, 0.25) is 0 Å². The normalized spacial score (nSPS) is 14.7. The van der Waals surface area contributed by atoms with Crippen LogP contribution in [0.4, 0.5) is 10.7 Å². The molecule has 2 aromatic carbocycles. The first-order chi connectivity index (χ1) is 14.8. The standard InChI is InChI=1S/C17H16N2O2.C5H7N3OS/c18-15-13-9-5-4-6-11(13)10-14(16(15)20)17(21)19-12-7-2-1-3-8-12;1-2-3(4(6)9)5(7)10-8-2/h1-7,9-10,12,20H,8,18H2,(H,19,21);7H2,1H3,(H2,6,9). The van der Waals surface area contributed by atoms with Crippen LogP contribution >= 0.6 is 11.5 Å². The number of aromatic nitrogens is 1. The quantitative estimate of drug-likeness (QED) is 0.313. The first kappa shape index (κ1) is 21.8. The highest BCUT2D eigenvalue weighted by atomic mass is 32.1. The van der Waals surface area contributed by atoms with E-state index in [-0.39, 0.29) is 28.9 Å². The number of fused-ring (bicyclic) bond motifs is 1.